The number of aryl methyl sites for hydroxylation is 1. The molecule has 6 rings (SSSR count). The molecule has 0 aliphatic carbocycles. The van der Waals surface area contributed by atoms with Gasteiger partial charge in [-0.25, -0.2) is 9.50 Å². The topological polar surface area (TPSA) is 98.2 Å². The highest BCUT2D eigenvalue weighted by molar-refractivity contribution is 5.95. The number of anilines is 1. The number of ether oxygens (including phenoxy) is 2. The van der Waals surface area contributed by atoms with Crippen molar-refractivity contribution >= 4 is 17.4 Å². The zero-order valence-electron chi connectivity index (χ0n) is 19.4. The Labute approximate surface area is 198 Å². The maximum atomic E-state index is 13.6. The van der Waals surface area contributed by atoms with Gasteiger partial charge in [0, 0.05) is 49.1 Å². The molecule has 0 saturated carbocycles. The Hall–Kier alpha value is -3.33. The minimum atomic E-state index is -0.0832. The molecule has 2 N–H and O–H groups in total. The minimum Gasteiger partial charge on any atom is -0.486 e. The number of carbonyl (C=O) groups is 1. The van der Waals surface area contributed by atoms with E-state index in [2.05, 4.69) is 11.8 Å². The lowest BCUT2D eigenvalue weighted by Gasteiger charge is -2.35. The lowest BCUT2D eigenvalue weighted by molar-refractivity contribution is 0.0604. The smallest absolute Gasteiger partial charge is 0.254 e. The van der Waals surface area contributed by atoms with Crippen LogP contribution in [-0.4, -0.2) is 64.3 Å². The zero-order chi connectivity index (χ0) is 23.2. The summed E-state index contributed by atoms with van der Waals surface area (Å²) in [7, 11) is 0. The summed E-state index contributed by atoms with van der Waals surface area (Å²) < 4.78 is 13.1. The Morgan fingerprint density at radius 1 is 1.09 bits per heavy atom. The quantitative estimate of drug-likeness (QED) is 0.639. The Morgan fingerprint density at radius 2 is 1.94 bits per heavy atom. The highest BCUT2D eigenvalue weighted by Crippen LogP contribution is 2.35. The highest BCUT2D eigenvalue weighted by Gasteiger charge is 2.32. The molecular weight excluding hydrogens is 432 g/mol. The molecule has 2 saturated heterocycles. The Bertz CT molecular complexity index is 1240. The summed E-state index contributed by atoms with van der Waals surface area (Å²) in [5, 5.41) is 4.85. The van der Waals surface area contributed by atoms with E-state index in [1.165, 1.54) is 0 Å². The second-order valence-corrected chi connectivity index (χ2v) is 9.48. The minimum absolute atomic E-state index is 0.00499. The fourth-order valence-corrected chi connectivity index (χ4v) is 5.31. The Morgan fingerprint density at radius 3 is 2.76 bits per heavy atom. The van der Waals surface area contributed by atoms with E-state index in [9.17, 15) is 4.79 Å². The second-order valence-electron chi connectivity index (χ2n) is 9.48. The average molecular weight is 463 g/mol. The SMILES string of the molecule is Cc1cn2nc([C@@H]3CCCCN3C(=O)c3ccc4c(c3)OCCO4)cc2nc1N1CCC(N)C1. The van der Waals surface area contributed by atoms with Gasteiger partial charge in [0.15, 0.2) is 17.1 Å². The van der Waals surface area contributed by atoms with Gasteiger partial charge in [-0.2, -0.15) is 5.10 Å². The van der Waals surface area contributed by atoms with Crippen LogP contribution in [0.1, 0.15) is 53.3 Å². The van der Waals surface area contributed by atoms with E-state index in [1.807, 2.05) is 33.8 Å². The number of hydrogen-bond donors (Lipinski definition) is 1. The van der Waals surface area contributed by atoms with Crippen LogP contribution in [0.3, 0.4) is 0 Å². The third-order valence-corrected chi connectivity index (χ3v) is 7.04. The number of aromatic nitrogens is 3. The predicted molar refractivity (Wildman–Crippen MR) is 128 cm³/mol. The van der Waals surface area contributed by atoms with E-state index in [0.29, 0.717) is 36.8 Å². The van der Waals surface area contributed by atoms with Gasteiger partial charge in [-0.3, -0.25) is 4.79 Å². The van der Waals surface area contributed by atoms with E-state index < -0.39 is 0 Å². The van der Waals surface area contributed by atoms with E-state index >= 15 is 0 Å². The number of piperidine rings is 1. The van der Waals surface area contributed by atoms with Gasteiger partial charge in [0.25, 0.3) is 5.91 Å². The van der Waals surface area contributed by atoms with Crippen molar-refractivity contribution in [3.05, 3.63) is 47.3 Å². The zero-order valence-corrected chi connectivity index (χ0v) is 19.4. The van der Waals surface area contributed by atoms with Crippen molar-refractivity contribution in [2.45, 2.75) is 44.7 Å². The van der Waals surface area contributed by atoms with Crippen LogP contribution >= 0.6 is 0 Å². The molecule has 3 aromatic rings. The fraction of sp³-hybridized carbons (Fsp3) is 0.480. The van der Waals surface area contributed by atoms with Crippen molar-refractivity contribution < 1.29 is 14.3 Å². The summed E-state index contributed by atoms with van der Waals surface area (Å²) in [6, 6.07) is 7.58. The third-order valence-electron chi connectivity index (χ3n) is 7.04. The maximum Gasteiger partial charge on any atom is 0.254 e. The first kappa shape index (κ1) is 21.2. The van der Waals surface area contributed by atoms with E-state index in [1.54, 1.807) is 6.07 Å². The molecule has 178 valence electrons. The first-order valence-electron chi connectivity index (χ1n) is 12.1. The molecule has 3 aliphatic heterocycles. The van der Waals surface area contributed by atoms with Crippen molar-refractivity contribution in [3.63, 3.8) is 0 Å². The molecule has 5 heterocycles. The number of fused-ring (bicyclic) bond motifs is 2. The predicted octanol–water partition coefficient (Wildman–Crippen LogP) is 2.71. The van der Waals surface area contributed by atoms with Gasteiger partial charge in [0.05, 0.1) is 11.7 Å². The van der Waals surface area contributed by atoms with Crippen LogP contribution in [0.2, 0.25) is 0 Å². The number of hydrogen-bond acceptors (Lipinski definition) is 7. The summed E-state index contributed by atoms with van der Waals surface area (Å²) in [5.74, 6) is 2.29. The summed E-state index contributed by atoms with van der Waals surface area (Å²) in [6.07, 6.45) is 5.94. The van der Waals surface area contributed by atoms with Gasteiger partial charge in [-0.05, 0) is 50.8 Å². The van der Waals surface area contributed by atoms with Crippen LogP contribution in [0.4, 0.5) is 5.82 Å². The molecule has 9 nitrogen and oxygen atoms in total. The largest absolute Gasteiger partial charge is 0.486 e. The number of nitrogens with zero attached hydrogens (tertiary/aromatic N) is 5. The number of likely N-dealkylation sites (tertiary alicyclic amines) is 1. The molecule has 1 unspecified atom stereocenters. The molecule has 0 radical (unpaired) electrons. The second kappa shape index (κ2) is 8.47. The fourth-order valence-electron chi connectivity index (χ4n) is 5.31. The Kier molecular flexibility index (Phi) is 5.28. The molecule has 34 heavy (non-hydrogen) atoms. The molecule has 3 aliphatic rings. The number of carbonyl (C=O) groups excluding carboxylic acids is 1. The van der Waals surface area contributed by atoms with Crippen LogP contribution in [0.25, 0.3) is 5.65 Å². The van der Waals surface area contributed by atoms with Gasteiger partial charge in [0.1, 0.15) is 19.0 Å². The molecule has 0 spiro atoms. The average Bonchev–Trinajstić information content (AvgIpc) is 3.48. The number of benzene rings is 1. The van der Waals surface area contributed by atoms with Crippen molar-refractivity contribution in [3.8, 4) is 11.5 Å². The summed E-state index contributed by atoms with van der Waals surface area (Å²) in [6.45, 7) is 5.54. The monoisotopic (exact) mass is 462 g/mol. The van der Waals surface area contributed by atoms with Gasteiger partial charge >= 0.3 is 0 Å². The van der Waals surface area contributed by atoms with E-state index in [-0.39, 0.29) is 18.0 Å². The number of nitrogens with two attached hydrogens (primary N) is 1. The normalized spacial score (nSPS) is 22.4. The number of rotatable bonds is 3. The van der Waals surface area contributed by atoms with Gasteiger partial charge < -0.3 is 25.0 Å². The summed E-state index contributed by atoms with van der Waals surface area (Å²) >= 11 is 0. The maximum absolute atomic E-state index is 13.6. The van der Waals surface area contributed by atoms with Crippen LogP contribution in [0.5, 0.6) is 11.5 Å². The summed E-state index contributed by atoms with van der Waals surface area (Å²) in [4.78, 5) is 22.7. The third kappa shape index (κ3) is 3.73. The van der Waals surface area contributed by atoms with Gasteiger partial charge in [-0.15, -0.1) is 0 Å². The van der Waals surface area contributed by atoms with Crippen molar-refractivity contribution in [1.82, 2.24) is 19.5 Å². The van der Waals surface area contributed by atoms with Gasteiger partial charge in [0.2, 0.25) is 0 Å². The van der Waals surface area contributed by atoms with Crippen LogP contribution in [0, 0.1) is 6.92 Å². The van der Waals surface area contributed by atoms with Crippen molar-refractivity contribution in [1.29, 1.82) is 0 Å². The lowest BCUT2D eigenvalue weighted by atomic mass is 9.98. The van der Waals surface area contributed by atoms with Crippen molar-refractivity contribution in [2.24, 2.45) is 5.73 Å². The molecule has 0 bridgehead atoms. The van der Waals surface area contributed by atoms with Crippen LogP contribution in [-0.2, 0) is 0 Å². The highest BCUT2D eigenvalue weighted by atomic mass is 16.6. The first-order valence-corrected chi connectivity index (χ1v) is 12.1. The van der Waals surface area contributed by atoms with Crippen LogP contribution < -0.4 is 20.1 Å². The molecule has 2 atom stereocenters. The standard InChI is InChI=1S/C25H30N6O3/c1-16-14-31-23(27-24(16)29-9-7-18(26)15-29)13-19(28-31)20-4-2-3-8-30(20)25(32)17-5-6-21-22(12-17)34-11-10-33-21/h5-6,12-14,18,20H,2-4,7-11,15,26H2,1H3/t18?,20-/m0/s1. The molecule has 2 fully saturated rings. The lowest BCUT2D eigenvalue weighted by Crippen LogP contribution is -2.38. The van der Waals surface area contributed by atoms with Crippen molar-refractivity contribution in [2.75, 3.05) is 37.7 Å². The molecule has 1 aromatic carbocycles. The molecule has 1 amide bonds. The first-order chi connectivity index (χ1) is 16.6. The molecule has 2 aromatic heterocycles. The van der Waals surface area contributed by atoms with Crippen LogP contribution in [0.15, 0.2) is 30.5 Å². The van der Waals surface area contributed by atoms with E-state index in [4.69, 9.17) is 25.3 Å². The molecule has 9 heteroatoms. The number of amides is 1. The summed E-state index contributed by atoms with van der Waals surface area (Å²) in [5.41, 5.74) is 9.48. The van der Waals surface area contributed by atoms with E-state index in [0.717, 1.165) is 61.5 Å². The molecular formula is C25H30N6O3. The Balaban J connectivity index is 1.30. The van der Waals surface area contributed by atoms with Gasteiger partial charge in [-0.1, -0.05) is 0 Å².